The number of fused-ring (bicyclic) bond motifs is 1. The molecule has 2 aromatic heterocycles. The topological polar surface area (TPSA) is 80.1 Å². The molecular formula is C16H15Cl2N5O. The first-order valence-electron chi connectivity index (χ1n) is 7.56. The van der Waals surface area contributed by atoms with E-state index in [0.717, 1.165) is 37.6 Å². The maximum atomic E-state index is 6.25. The SMILES string of the molecule is Nc1cc(-c2nc3c(Cl)c(Cl)cnc3[nH]2)ccc1N1CCOCC1. The fourth-order valence-electron chi connectivity index (χ4n) is 2.83. The average Bonchev–Trinajstić information content (AvgIpc) is 3.04. The van der Waals surface area contributed by atoms with Crippen molar-refractivity contribution in [2.75, 3.05) is 36.9 Å². The van der Waals surface area contributed by atoms with Crippen molar-refractivity contribution in [2.45, 2.75) is 0 Å². The van der Waals surface area contributed by atoms with Crippen LogP contribution in [-0.2, 0) is 4.74 Å². The van der Waals surface area contributed by atoms with Crippen LogP contribution in [0.15, 0.2) is 24.4 Å². The highest BCUT2D eigenvalue weighted by Crippen LogP contribution is 2.32. The number of aromatic amines is 1. The number of rotatable bonds is 2. The van der Waals surface area contributed by atoms with E-state index in [9.17, 15) is 0 Å². The van der Waals surface area contributed by atoms with Gasteiger partial charge in [-0.05, 0) is 18.2 Å². The number of nitrogens with one attached hydrogen (secondary N) is 1. The maximum Gasteiger partial charge on any atom is 0.159 e. The Balaban J connectivity index is 1.72. The van der Waals surface area contributed by atoms with E-state index in [4.69, 9.17) is 33.7 Å². The van der Waals surface area contributed by atoms with E-state index in [-0.39, 0.29) is 0 Å². The lowest BCUT2D eigenvalue weighted by Crippen LogP contribution is -2.36. The van der Waals surface area contributed by atoms with Crippen molar-refractivity contribution in [3.8, 4) is 11.4 Å². The van der Waals surface area contributed by atoms with E-state index in [1.165, 1.54) is 6.20 Å². The molecule has 124 valence electrons. The number of hydrogen-bond acceptors (Lipinski definition) is 5. The van der Waals surface area contributed by atoms with Crippen LogP contribution in [0, 0.1) is 0 Å². The van der Waals surface area contributed by atoms with Gasteiger partial charge < -0.3 is 20.4 Å². The first-order valence-corrected chi connectivity index (χ1v) is 8.31. The summed E-state index contributed by atoms with van der Waals surface area (Å²) >= 11 is 12.2. The number of H-pyrrole nitrogens is 1. The third-order valence-electron chi connectivity index (χ3n) is 4.06. The number of anilines is 2. The molecule has 0 radical (unpaired) electrons. The highest BCUT2D eigenvalue weighted by molar-refractivity contribution is 6.44. The Morgan fingerprint density at radius 1 is 1.21 bits per heavy atom. The molecule has 0 spiro atoms. The Labute approximate surface area is 148 Å². The second-order valence-electron chi connectivity index (χ2n) is 5.58. The van der Waals surface area contributed by atoms with Gasteiger partial charge in [-0.25, -0.2) is 9.97 Å². The number of aromatic nitrogens is 3. The average molecular weight is 364 g/mol. The Kier molecular flexibility index (Phi) is 3.96. The van der Waals surface area contributed by atoms with Crippen LogP contribution in [0.4, 0.5) is 11.4 Å². The zero-order chi connectivity index (χ0) is 16.7. The molecule has 0 amide bonds. The third kappa shape index (κ3) is 2.66. The largest absolute Gasteiger partial charge is 0.397 e. The fraction of sp³-hybridized carbons (Fsp3) is 0.250. The van der Waals surface area contributed by atoms with Gasteiger partial charge in [-0.15, -0.1) is 0 Å². The number of morpholine rings is 1. The van der Waals surface area contributed by atoms with Crippen LogP contribution in [0.5, 0.6) is 0 Å². The molecule has 6 nitrogen and oxygen atoms in total. The molecule has 3 N–H and O–H groups in total. The number of ether oxygens (including phenoxy) is 1. The summed E-state index contributed by atoms with van der Waals surface area (Å²) in [6.07, 6.45) is 1.50. The summed E-state index contributed by atoms with van der Waals surface area (Å²) < 4.78 is 5.38. The fourth-order valence-corrected chi connectivity index (χ4v) is 3.15. The molecule has 0 unspecified atom stereocenters. The summed E-state index contributed by atoms with van der Waals surface area (Å²) in [6.45, 7) is 3.11. The van der Waals surface area contributed by atoms with E-state index in [0.29, 0.717) is 32.7 Å². The van der Waals surface area contributed by atoms with Crippen molar-refractivity contribution in [3.05, 3.63) is 34.4 Å². The number of benzene rings is 1. The normalized spacial score (nSPS) is 15.2. The number of nitrogens with two attached hydrogens (primary N) is 1. The van der Waals surface area contributed by atoms with Crippen molar-refractivity contribution in [2.24, 2.45) is 0 Å². The summed E-state index contributed by atoms with van der Waals surface area (Å²) in [4.78, 5) is 14.1. The summed E-state index contributed by atoms with van der Waals surface area (Å²) in [5.41, 5.74) is 9.98. The maximum absolute atomic E-state index is 6.25. The molecule has 24 heavy (non-hydrogen) atoms. The Morgan fingerprint density at radius 2 is 2.00 bits per heavy atom. The quantitative estimate of drug-likeness (QED) is 0.682. The number of nitrogens with zero attached hydrogens (tertiary/aromatic N) is 3. The van der Waals surface area contributed by atoms with Crippen molar-refractivity contribution in [1.82, 2.24) is 15.0 Å². The minimum atomic E-state index is 0.379. The molecule has 1 fully saturated rings. The van der Waals surface area contributed by atoms with Gasteiger partial charge in [0, 0.05) is 24.8 Å². The molecule has 1 aliphatic rings. The molecule has 0 atom stereocenters. The molecular weight excluding hydrogens is 349 g/mol. The second kappa shape index (κ2) is 6.12. The monoisotopic (exact) mass is 363 g/mol. The lowest BCUT2D eigenvalue weighted by molar-refractivity contribution is 0.123. The summed E-state index contributed by atoms with van der Waals surface area (Å²) in [7, 11) is 0. The number of halogens is 2. The van der Waals surface area contributed by atoms with Gasteiger partial charge in [0.05, 0.1) is 34.6 Å². The van der Waals surface area contributed by atoms with Crippen molar-refractivity contribution in [1.29, 1.82) is 0 Å². The number of hydrogen-bond donors (Lipinski definition) is 2. The molecule has 0 aliphatic carbocycles. The van der Waals surface area contributed by atoms with Crippen LogP contribution < -0.4 is 10.6 Å². The zero-order valence-corrected chi connectivity index (χ0v) is 14.2. The van der Waals surface area contributed by atoms with Gasteiger partial charge >= 0.3 is 0 Å². The Hall–Kier alpha value is -2.02. The predicted molar refractivity (Wildman–Crippen MR) is 96.8 cm³/mol. The van der Waals surface area contributed by atoms with Crippen molar-refractivity contribution < 1.29 is 4.74 Å². The molecule has 8 heteroatoms. The van der Waals surface area contributed by atoms with E-state index < -0.39 is 0 Å². The van der Waals surface area contributed by atoms with Gasteiger partial charge in [-0.3, -0.25) is 0 Å². The first-order chi connectivity index (χ1) is 11.6. The van der Waals surface area contributed by atoms with Crippen LogP contribution in [0.1, 0.15) is 0 Å². The van der Waals surface area contributed by atoms with Crippen LogP contribution >= 0.6 is 23.2 Å². The van der Waals surface area contributed by atoms with Gasteiger partial charge in [-0.2, -0.15) is 0 Å². The van der Waals surface area contributed by atoms with E-state index in [1.54, 1.807) is 0 Å². The summed E-state index contributed by atoms with van der Waals surface area (Å²) in [5, 5.41) is 0.770. The molecule has 1 saturated heterocycles. The smallest absolute Gasteiger partial charge is 0.159 e. The number of imidazole rings is 1. The summed E-state index contributed by atoms with van der Waals surface area (Å²) in [5.74, 6) is 0.655. The van der Waals surface area contributed by atoms with Gasteiger partial charge in [0.25, 0.3) is 0 Å². The molecule has 3 heterocycles. The van der Waals surface area contributed by atoms with Gasteiger partial charge in [-0.1, -0.05) is 23.2 Å². The van der Waals surface area contributed by atoms with Crippen molar-refractivity contribution in [3.63, 3.8) is 0 Å². The minimum Gasteiger partial charge on any atom is -0.397 e. The van der Waals surface area contributed by atoms with E-state index >= 15 is 0 Å². The summed E-state index contributed by atoms with van der Waals surface area (Å²) in [6, 6.07) is 5.89. The molecule has 0 bridgehead atoms. The Morgan fingerprint density at radius 3 is 2.75 bits per heavy atom. The van der Waals surface area contributed by atoms with E-state index in [1.807, 2.05) is 18.2 Å². The lowest BCUT2D eigenvalue weighted by atomic mass is 10.1. The van der Waals surface area contributed by atoms with Gasteiger partial charge in [0.1, 0.15) is 11.3 Å². The highest BCUT2D eigenvalue weighted by Gasteiger charge is 2.16. The zero-order valence-electron chi connectivity index (χ0n) is 12.7. The Bertz CT molecular complexity index is 905. The molecule has 3 aromatic rings. The molecule has 4 rings (SSSR count). The number of nitrogen functional groups attached to an aromatic ring is 1. The second-order valence-corrected chi connectivity index (χ2v) is 6.36. The van der Waals surface area contributed by atoms with Crippen LogP contribution in [0.2, 0.25) is 10.0 Å². The third-order valence-corrected chi connectivity index (χ3v) is 4.83. The lowest BCUT2D eigenvalue weighted by Gasteiger charge is -2.29. The van der Waals surface area contributed by atoms with Crippen LogP contribution in [0.25, 0.3) is 22.6 Å². The predicted octanol–water partition coefficient (Wildman–Crippen LogP) is 3.35. The van der Waals surface area contributed by atoms with Crippen LogP contribution in [-0.4, -0.2) is 41.3 Å². The van der Waals surface area contributed by atoms with E-state index in [2.05, 4.69) is 19.9 Å². The highest BCUT2D eigenvalue weighted by atomic mass is 35.5. The van der Waals surface area contributed by atoms with Gasteiger partial charge in [0.2, 0.25) is 0 Å². The van der Waals surface area contributed by atoms with Crippen molar-refractivity contribution >= 4 is 45.7 Å². The number of pyridine rings is 1. The molecule has 1 aromatic carbocycles. The van der Waals surface area contributed by atoms with Crippen LogP contribution in [0.3, 0.4) is 0 Å². The molecule has 1 aliphatic heterocycles. The standard InChI is InChI=1S/C16H15Cl2N5O/c17-10-8-20-16-14(13(10)18)21-15(22-16)9-1-2-12(11(19)7-9)23-3-5-24-6-4-23/h1-2,7-8H,3-6,19H2,(H,20,21,22). The first kappa shape index (κ1) is 15.5. The molecule has 0 saturated carbocycles. The van der Waals surface area contributed by atoms with Gasteiger partial charge in [0.15, 0.2) is 5.65 Å². The minimum absolute atomic E-state index is 0.379.